The number of fused-ring (bicyclic) bond motifs is 2. The number of benzene rings is 1. The zero-order chi connectivity index (χ0) is 15.4. The highest BCUT2D eigenvalue weighted by atomic mass is 16.6. The van der Waals surface area contributed by atoms with E-state index in [0.29, 0.717) is 30.3 Å². The quantitative estimate of drug-likeness (QED) is 0.747. The minimum Gasteiger partial charge on any atom is -0.369 e. The minimum atomic E-state index is 0.439. The summed E-state index contributed by atoms with van der Waals surface area (Å²) in [7, 11) is 0. The van der Waals surface area contributed by atoms with Crippen LogP contribution in [-0.2, 0) is 9.47 Å². The highest BCUT2D eigenvalue weighted by Gasteiger charge is 2.63. The Morgan fingerprint density at radius 2 is 1.48 bits per heavy atom. The number of ether oxygens (including phenoxy) is 2. The second kappa shape index (κ2) is 5.60. The van der Waals surface area contributed by atoms with Gasteiger partial charge in [-0.15, -0.1) is 0 Å². The molecular weight excluding hydrogens is 284 g/mol. The molecule has 2 aliphatic carbocycles. The first-order valence-corrected chi connectivity index (χ1v) is 9.74. The monoisotopic (exact) mass is 312 g/mol. The first-order chi connectivity index (χ1) is 11.3. The maximum atomic E-state index is 5.85. The maximum Gasteiger partial charge on any atom is 0.0937 e. The van der Waals surface area contributed by atoms with Gasteiger partial charge in [-0.1, -0.05) is 44.0 Å². The van der Waals surface area contributed by atoms with Gasteiger partial charge in [0.15, 0.2) is 0 Å². The van der Waals surface area contributed by atoms with Crippen LogP contribution in [0.15, 0.2) is 24.3 Å². The van der Waals surface area contributed by atoms with E-state index in [2.05, 4.69) is 31.2 Å². The highest BCUT2D eigenvalue weighted by molar-refractivity contribution is 5.33. The second-order valence-electron chi connectivity index (χ2n) is 8.21. The molecule has 23 heavy (non-hydrogen) atoms. The third-order valence-electron chi connectivity index (χ3n) is 6.75. The summed E-state index contributed by atoms with van der Waals surface area (Å²) in [6.07, 6.45) is 11.4. The third kappa shape index (κ3) is 2.64. The summed E-state index contributed by atoms with van der Waals surface area (Å²) in [4.78, 5) is 0. The average molecular weight is 312 g/mol. The zero-order valence-electron chi connectivity index (χ0n) is 14.1. The molecule has 2 nitrogen and oxygen atoms in total. The summed E-state index contributed by atoms with van der Waals surface area (Å²) in [6, 6.07) is 9.51. The van der Waals surface area contributed by atoms with Crippen molar-refractivity contribution < 1.29 is 9.47 Å². The van der Waals surface area contributed by atoms with E-state index in [0.717, 1.165) is 18.3 Å². The highest BCUT2D eigenvalue weighted by Crippen LogP contribution is 2.54. The van der Waals surface area contributed by atoms with Gasteiger partial charge in [0.25, 0.3) is 0 Å². The summed E-state index contributed by atoms with van der Waals surface area (Å²) in [6.45, 7) is 2.32. The Bertz CT molecular complexity index is 542. The lowest BCUT2D eigenvalue weighted by molar-refractivity contribution is 0.279. The van der Waals surface area contributed by atoms with Crippen molar-refractivity contribution in [3.05, 3.63) is 35.4 Å². The first-order valence-electron chi connectivity index (χ1n) is 9.74. The van der Waals surface area contributed by atoms with Crippen LogP contribution in [0.3, 0.4) is 0 Å². The van der Waals surface area contributed by atoms with E-state index < -0.39 is 0 Å². The molecule has 0 radical (unpaired) electrons. The van der Waals surface area contributed by atoms with Gasteiger partial charge in [0.05, 0.1) is 24.4 Å². The predicted octanol–water partition coefficient (Wildman–Crippen LogP) is 4.78. The van der Waals surface area contributed by atoms with Crippen molar-refractivity contribution >= 4 is 0 Å². The average Bonchev–Trinajstić information content (AvgIpc) is 3.49. The van der Waals surface area contributed by atoms with Gasteiger partial charge in [0, 0.05) is 12.3 Å². The van der Waals surface area contributed by atoms with Crippen LogP contribution in [0.1, 0.15) is 74.8 Å². The molecule has 4 aliphatic rings. The van der Waals surface area contributed by atoms with E-state index in [4.69, 9.17) is 9.47 Å². The lowest BCUT2D eigenvalue weighted by Crippen LogP contribution is -2.22. The Morgan fingerprint density at radius 3 is 2.09 bits per heavy atom. The fourth-order valence-corrected chi connectivity index (χ4v) is 5.30. The Kier molecular flexibility index (Phi) is 3.52. The molecule has 0 N–H and O–H groups in total. The van der Waals surface area contributed by atoms with Crippen LogP contribution in [0.25, 0.3) is 0 Å². The molecule has 2 saturated carbocycles. The summed E-state index contributed by atoms with van der Waals surface area (Å²) >= 11 is 0. The first kappa shape index (κ1) is 14.5. The summed E-state index contributed by atoms with van der Waals surface area (Å²) in [5.74, 6) is 2.28. The minimum absolute atomic E-state index is 0.439. The largest absolute Gasteiger partial charge is 0.369 e. The molecule has 4 fully saturated rings. The van der Waals surface area contributed by atoms with E-state index in [1.807, 2.05) is 0 Å². The molecule has 5 rings (SSSR count). The molecule has 124 valence electrons. The van der Waals surface area contributed by atoms with Crippen LogP contribution >= 0.6 is 0 Å². The SMILES string of the molecule is CCCC1CCC(c2ccc(C3[C@H]4O[C@H]4C[C@H]4O[C@@H]34)cc2)CC1. The van der Waals surface area contributed by atoms with Crippen molar-refractivity contribution in [3.8, 4) is 0 Å². The fourth-order valence-electron chi connectivity index (χ4n) is 5.30. The predicted molar refractivity (Wildman–Crippen MR) is 90.7 cm³/mol. The van der Waals surface area contributed by atoms with Gasteiger partial charge in [-0.3, -0.25) is 0 Å². The van der Waals surface area contributed by atoms with E-state index >= 15 is 0 Å². The van der Waals surface area contributed by atoms with E-state index in [9.17, 15) is 0 Å². The van der Waals surface area contributed by atoms with Gasteiger partial charge in [-0.25, -0.2) is 0 Å². The maximum absolute atomic E-state index is 5.85. The zero-order valence-corrected chi connectivity index (χ0v) is 14.1. The van der Waals surface area contributed by atoms with Crippen LogP contribution in [0.5, 0.6) is 0 Å². The Morgan fingerprint density at radius 1 is 0.870 bits per heavy atom. The van der Waals surface area contributed by atoms with Crippen molar-refractivity contribution in [1.29, 1.82) is 0 Å². The van der Waals surface area contributed by atoms with Crippen molar-refractivity contribution in [2.75, 3.05) is 0 Å². The van der Waals surface area contributed by atoms with Crippen molar-refractivity contribution in [2.24, 2.45) is 5.92 Å². The van der Waals surface area contributed by atoms with Crippen LogP contribution in [0.4, 0.5) is 0 Å². The number of hydrogen-bond donors (Lipinski definition) is 0. The molecule has 0 spiro atoms. The van der Waals surface area contributed by atoms with Crippen molar-refractivity contribution in [2.45, 2.75) is 88.1 Å². The standard InChI is InChI=1S/C21H28O2/c1-2-3-13-4-6-14(7-5-13)15-8-10-16(11-9-15)19-20-17(22-20)12-18-21(19)23-18/h8-11,13-14,17-21H,2-7,12H2,1H3/t13?,14?,17-,18+,19?,20-,21+. The molecule has 5 atom stereocenters. The van der Waals surface area contributed by atoms with Crippen LogP contribution in [0, 0.1) is 5.92 Å². The van der Waals surface area contributed by atoms with Crippen LogP contribution in [-0.4, -0.2) is 24.4 Å². The van der Waals surface area contributed by atoms with Gasteiger partial charge in [-0.05, 0) is 48.6 Å². The van der Waals surface area contributed by atoms with Gasteiger partial charge in [-0.2, -0.15) is 0 Å². The topological polar surface area (TPSA) is 25.1 Å². The molecule has 0 aromatic heterocycles. The van der Waals surface area contributed by atoms with E-state index in [1.54, 1.807) is 5.56 Å². The smallest absolute Gasteiger partial charge is 0.0937 e. The molecule has 2 aliphatic heterocycles. The number of rotatable bonds is 4. The molecule has 2 heteroatoms. The van der Waals surface area contributed by atoms with Gasteiger partial charge >= 0.3 is 0 Å². The second-order valence-corrected chi connectivity index (χ2v) is 8.21. The molecule has 0 amide bonds. The Hall–Kier alpha value is -0.860. The summed E-state index contributed by atoms with van der Waals surface area (Å²) < 4.78 is 11.7. The fraction of sp³-hybridized carbons (Fsp3) is 0.714. The van der Waals surface area contributed by atoms with Gasteiger partial charge in [0.1, 0.15) is 0 Å². The van der Waals surface area contributed by atoms with Crippen LogP contribution in [0.2, 0.25) is 0 Å². The van der Waals surface area contributed by atoms with Crippen molar-refractivity contribution in [3.63, 3.8) is 0 Å². The molecule has 2 heterocycles. The number of hydrogen-bond acceptors (Lipinski definition) is 2. The summed E-state index contributed by atoms with van der Waals surface area (Å²) in [5.41, 5.74) is 2.99. The number of epoxide rings is 2. The van der Waals surface area contributed by atoms with Gasteiger partial charge in [0.2, 0.25) is 0 Å². The van der Waals surface area contributed by atoms with Crippen LogP contribution < -0.4 is 0 Å². The van der Waals surface area contributed by atoms with E-state index in [1.165, 1.54) is 44.1 Å². The van der Waals surface area contributed by atoms with Gasteiger partial charge < -0.3 is 9.47 Å². The Balaban J connectivity index is 1.26. The molecule has 0 bridgehead atoms. The lowest BCUT2D eigenvalue weighted by Gasteiger charge is -2.29. The molecule has 1 aromatic carbocycles. The molecule has 2 saturated heterocycles. The molecule has 1 aromatic rings. The van der Waals surface area contributed by atoms with Crippen molar-refractivity contribution in [1.82, 2.24) is 0 Å². The third-order valence-corrected chi connectivity index (χ3v) is 6.75. The normalized spacial score (nSPS) is 44.3. The molecular formula is C21H28O2. The lowest BCUT2D eigenvalue weighted by atomic mass is 9.76. The molecule has 1 unspecified atom stereocenters. The van der Waals surface area contributed by atoms with E-state index in [-0.39, 0.29) is 0 Å². The summed E-state index contributed by atoms with van der Waals surface area (Å²) in [5, 5.41) is 0. The Labute approximate surface area is 139 Å².